The van der Waals surface area contributed by atoms with Crippen LogP contribution in [0.5, 0.6) is 0 Å². The summed E-state index contributed by atoms with van der Waals surface area (Å²) in [7, 11) is 0. The second kappa shape index (κ2) is 7.47. The van der Waals surface area contributed by atoms with Crippen molar-refractivity contribution in [2.45, 2.75) is 0 Å². The number of benzene rings is 4. The molecule has 0 aromatic heterocycles. The van der Waals surface area contributed by atoms with Crippen LogP contribution in [0.1, 0.15) is 27.8 Å². The second-order valence-corrected chi connectivity index (χ2v) is 8.07. The lowest BCUT2D eigenvalue weighted by Gasteiger charge is -2.27. The number of Topliss-reactive ketones (excluding diaryl/α,β-unsaturated/α-hetero) is 1. The van der Waals surface area contributed by atoms with Crippen molar-refractivity contribution in [3.05, 3.63) is 149 Å². The summed E-state index contributed by atoms with van der Waals surface area (Å²) >= 11 is 0. The minimum Gasteiger partial charge on any atom is -0.289 e. The molecule has 4 aromatic rings. The lowest BCUT2D eigenvalue weighted by molar-refractivity contribution is -0.110. The van der Waals surface area contributed by atoms with Gasteiger partial charge in [0, 0.05) is 22.3 Å². The molecule has 2 aliphatic carbocycles. The molecule has 0 radical (unpaired) electrons. The predicted molar refractivity (Wildman–Crippen MR) is 132 cm³/mol. The van der Waals surface area contributed by atoms with Crippen LogP contribution in [0.15, 0.2) is 121 Å². The Hall–Kier alpha value is -4.23. The first-order valence-electron chi connectivity index (χ1n) is 10.8. The van der Waals surface area contributed by atoms with Gasteiger partial charge in [-0.2, -0.15) is 0 Å². The topological polar surface area (TPSA) is 17.1 Å². The quantitative estimate of drug-likeness (QED) is 0.351. The van der Waals surface area contributed by atoms with Gasteiger partial charge < -0.3 is 0 Å². The summed E-state index contributed by atoms with van der Waals surface area (Å²) in [6, 6.07) is 39.1. The van der Waals surface area contributed by atoms with Crippen molar-refractivity contribution in [1.82, 2.24) is 0 Å². The Bertz CT molecular complexity index is 1400. The molecular formula is C31H20O. The van der Waals surface area contributed by atoms with Gasteiger partial charge >= 0.3 is 0 Å². The highest BCUT2D eigenvalue weighted by molar-refractivity contribution is 6.50. The second-order valence-electron chi connectivity index (χ2n) is 8.07. The molecule has 0 bridgehead atoms. The number of allylic oxidation sites excluding steroid dienone is 5. The Morgan fingerprint density at radius 3 is 1.41 bits per heavy atom. The van der Waals surface area contributed by atoms with Crippen LogP contribution in [0.2, 0.25) is 0 Å². The molecule has 32 heavy (non-hydrogen) atoms. The SMILES string of the molecule is O=C1C2=Cc3ccccc3C2=C(c2ccccc2)C(c2ccccc2)=C1c1ccccc1. The van der Waals surface area contributed by atoms with E-state index in [0.29, 0.717) is 0 Å². The highest BCUT2D eigenvalue weighted by Crippen LogP contribution is 2.52. The van der Waals surface area contributed by atoms with Gasteiger partial charge in [0.05, 0.1) is 0 Å². The van der Waals surface area contributed by atoms with Gasteiger partial charge in [-0.05, 0) is 39.5 Å². The fraction of sp³-hybridized carbons (Fsp3) is 0. The van der Waals surface area contributed by atoms with Crippen molar-refractivity contribution < 1.29 is 4.79 Å². The van der Waals surface area contributed by atoms with Gasteiger partial charge in [0.15, 0.2) is 5.78 Å². The molecule has 0 amide bonds. The van der Waals surface area contributed by atoms with Crippen LogP contribution in [0.4, 0.5) is 0 Å². The molecule has 0 spiro atoms. The molecule has 6 rings (SSSR count). The molecule has 1 heteroatoms. The standard InChI is InChI=1S/C31H20O/c32-31-26-20-24-18-10-11-19-25(24)30(26)28(22-14-6-2-7-15-22)27(21-12-4-1-5-13-21)29(31)23-16-8-3-9-17-23/h1-20H. The van der Waals surface area contributed by atoms with E-state index in [9.17, 15) is 4.79 Å². The van der Waals surface area contributed by atoms with Crippen LogP contribution in [0, 0.1) is 0 Å². The zero-order valence-corrected chi connectivity index (χ0v) is 17.5. The number of carbonyl (C=O) groups is 1. The van der Waals surface area contributed by atoms with Gasteiger partial charge in [0.25, 0.3) is 0 Å². The Kier molecular flexibility index (Phi) is 4.33. The first-order chi connectivity index (χ1) is 15.8. The molecule has 0 N–H and O–H groups in total. The van der Waals surface area contributed by atoms with Crippen LogP contribution in [0.3, 0.4) is 0 Å². The van der Waals surface area contributed by atoms with E-state index >= 15 is 0 Å². The van der Waals surface area contributed by atoms with E-state index in [2.05, 4.69) is 54.6 Å². The zero-order chi connectivity index (χ0) is 21.5. The number of fused-ring (bicyclic) bond motifs is 3. The van der Waals surface area contributed by atoms with Crippen molar-refractivity contribution in [1.29, 1.82) is 0 Å². The molecule has 0 unspecified atom stereocenters. The van der Waals surface area contributed by atoms with Crippen molar-refractivity contribution >= 4 is 34.2 Å². The molecule has 4 aromatic carbocycles. The summed E-state index contributed by atoms with van der Waals surface area (Å²) in [5.74, 6) is 0.0842. The van der Waals surface area contributed by atoms with Crippen LogP contribution in [-0.2, 0) is 4.79 Å². The molecular weight excluding hydrogens is 388 g/mol. The van der Waals surface area contributed by atoms with E-state index < -0.39 is 0 Å². The number of hydrogen-bond donors (Lipinski definition) is 0. The van der Waals surface area contributed by atoms with Crippen molar-refractivity contribution in [2.24, 2.45) is 0 Å². The van der Waals surface area contributed by atoms with Crippen molar-refractivity contribution in [3.8, 4) is 0 Å². The lowest BCUT2D eigenvalue weighted by Crippen LogP contribution is -2.15. The average Bonchev–Trinajstić information content (AvgIpc) is 3.25. The van der Waals surface area contributed by atoms with Gasteiger partial charge in [0.2, 0.25) is 0 Å². The van der Waals surface area contributed by atoms with Gasteiger partial charge in [0.1, 0.15) is 0 Å². The summed E-state index contributed by atoms with van der Waals surface area (Å²) in [5, 5.41) is 0. The molecule has 2 aliphatic rings. The van der Waals surface area contributed by atoms with E-state index in [4.69, 9.17) is 0 Å². The minimum atomic E-state index is 0.0842. The maximum Gasteiger partial charge on any atom is 0.194 e. The van der Waals surface area contributed by atoms with E-state index in [1.807, 2.05) is 66.7 Å². The van der Waals surface area contributed by atoms with Crippen LogP contribution < -0.4 is 0 Å². The molecule has 0 fully saturated rings. The Morgan fingerprint density at radius 2 is 0.844 bits per heavy atom. The number of carbonyl (C=O) groups excluding carboxylic acids is 1. The average molecular weight is 409 g/mol. The maximum atomic E-state index is 14.1. The van der Waals surface area contributed by atoms with Gasteiger partial charge in [-0.1, -0.05) is 115 Å². The summed E-state index contributed by atoms with van der Waals surface area (Å²) in [5.41, 5.74) is 10.0. The summed E-state index contributed by atoms with van der Waals surface area (Å²) in [6.07, 6.45) is 2.06. The number of hydrogen-bond acceptors (Lipinski definition) is 1. The maximum absolute atomic E-state index is 14.1. The third-order valence-corrected chi connectivity index (χ3v) is 6.21. The first kappa shape index (κ1) is 18.5. The summed E-state index contributed by atoms with van der Waals surface area (Å²) < 4.78 is 0. The molecule has 0 aliphatic heterocycles. The highest BCUT2D eigenvalue weighted by Gasteiger charge is 2.37. The van der Waals surface area contributed by atoms with Gasteiger partial charge in [-0.25, -0.2) is 0 Å². The molecule has 0 heterocycles. The van der Waals surface area contributed by atoms with Crippen LogP contribution >= 0.6 is 0 Å². The Balaban J connectivity index is 1.79. The van der Waals surface area contributed by atoms with Gasteiger partial charge in [-0.15, -0.1) is 0 Å². The van der Waals surface area contributed by atoms with Gasteiger partial charge in [-0.3, -0.25) is 4.79 Å². The van der Waals surface area contributed by atoms with E-state index in [0.717, 1.165) is 55.7 Å². The molecule has 0 saturated carbocycles. The third kappa shape index (κ3) is 2.83. The Morgan fingerprint density at radius 1 is 0.406 bits per heavy atom. The number of ketones is 1. The van der Waals surface area contributed by atoms with E-state index in [1.54, 1.807) is 0 Å². The third-order valence-electron chi connectivity index (χ3n) is 6.21. The smallest absolute Gasteiger partial charge is 0.194 e. The zero-order valence-electron chi connectivity index (χ0n) is 17.5. The summed E-state index contributed by atoms with van der Waals surface area (Å²) in [4.78, 5) is 14.1. The van der Waals surface area contributed by atoms with Crippen molar-refractivity contribution in [3.63, 3.8) is 0 Å². The first-order valence-corrected chi connectivity index (χ1v) is 10.8. The molecule has 0 saturated heterocycles. The van der Waals surface area contributed by atoms with Crippen LogP contribution in [0.25, 0.3) is 28.4 Å². The molecule has 1 nitrogen and oxygen atoms in total. The molecule has 0 atom stereocenters. The fourth-order valence-electron chi connectivity index (χ4n) is 4.84. The predicted octanol–water partition coefficient (Wildman–Crippen LogP) is 7.19. The largest absolute Gasteiger partial charge is 0.289 e. The normalized spacial score (nSPS) is 14.9. The molecule has 150 valence electrons. The Labute approximate surface area is 187 Å². The summed E-state index contributed by atoms with van der Waals surface area (Å²) in [6.45, 7) is 0. The van der Waals surface area contributed by atoms with Crippen LogP contribution in [-0.4, -0.2) is 5.78 Å². The minimum absolute atomic E-state index is 0.0842. The van der Waals surface area contributed by atoms with E-state index in [1.165, 1.54) is 0 Å². The highest BCUT2D eigenvalue weighted by atomic mass is 16.1. The fourth-order valence-corrected chi connectivity index (χ4v) is 4.84. The monoisotopic (exact) mass is 408 g/mol. The lowest BCUT2D eigenvalue weighted by atomic mass is 9.74. The number of rotatable bonds is 3. The van der Waals surface area contributed by atoms with E-state index in [-0.39, 0.29) is 5.78 Å². The van der Waals surface area contributed by atoms with Crippen molar-refractivity contribution in [2.75, 3.05) is 0 Å².